The molecule has 0 radical (unpaired) electrons. The van der Waals surface area contributed by atoms with Crippen LogP contribution in [0.3, 0.4) is 0 Å². The third-order valence-corrected chi connectivity index (χ3v) is 4.13. The fourth-order valence-corrected chi connectivity index (χ4v) is 3.21. The van der Waals surface area contributed by atoms with Crippen molar-refractivity contribution >= 4 is 23.3 Å². The second kappa shape index (κ2) is 3.97. The van der Waals surface area contributed by atoms with Crippen molar-refractivity contribution in [3.05, 3.63) is 15.8 Å². The first-order valence-electron chi connectivity index (χ1n) is 5.11. The highest BCUT2D eigenvalue weighted by atomic mass is 32.2. The Balaban J connectivity index is 2.36. The summed E-state index contributed by atoms with van der Waals surface area (Å²) in [5.74, 6) is 1.10. The van der Waals surface area contributed by atoms with Crippen molar-refractivity contribution in [2.75, 3.05) is 11.5 Å². The van der Waals surface area contributed by atoms with Gasteiger partial charge in [-0.15, -0.1) is 0 Å². The number of nitrogens with zero attached hydrogens (tertiary/aromatic N) is 3. The lowest BCUT2D eigenvalue weighted by molar-refractivity contribution is -0.384. The summed E-state index contributed by atoms with van der Waals surface area (Å²) in [7, 11) is 0. The predicted octanol–water partition coefficient (Wildman–Crippen LogP) is 1.75. The van der Waals surface area contributed by atoms with Crippen LogP contribution in [0.15, 0.2) is 0 Å². The fraction of sp³-hybridized carbons (Fsp3) is 0.667. The maximum absolute atomic E-state index is 10.8. The summed E-state index contributed by atoms with van der Waals surface area (Å²) in [4.78, 5) is 10.3. The van der Waals surface area contributed by atoms with Gasteiger partial charge < -0.3 is 5.73 Å². The maximum atomic E-state index is 10.8. The molecule has 88 valence electrons. The van der Waals surface area contributed by atoms with E-state index in [4.69, 9.17) is 5.73 Å². The minimum atomic E-state index is -0.459. The van der Waals surface area contributed by atoms with Crippen LogP contribution in [0.5, 0.6) is 0 Å². The van der Waals surface area contributed by atoms with E-state index >= 15 is 0 Å². The molecule has 1 aliphatic heterocycles. The summed E-state index contributed by atoms with van der Waals surface area (Å²) in [5.41, 5.74) is 6.12. The molecule has 0 aliphatic carbocycles. The van der Waals surface area contributed by atoms with E-state index in [0.29, 0.717) is 10.9 Å². The zero-order chi connectivity index (χ0) is 11.9. The van der Waals surface area contributed by atoms with Crippen LogP contribution in [0, 0.1) is 17.0 Å². The van der Waals surface area contributed by atoms with Crippen LogP contribution in [0.1, 0.15) is 25.1 Å². The molecule has 1 aromatic heterocycles. The molecular formula is C9H14N4O2S. The van der Waals surface area contributed by atoms with Crippen molar-refractivity contribution in [2.45, 2.75) is 31.6 Å². The van der Waals surface area contributed by atoms with E-state index in [0.717, 1.165) is 12.2 Å². The van der Waals surface area contributed by atoms with Gasteiger partial charge in [0, 0.05) is 11.0 Å². The Kier molecular flexibility index (Phi) is 2.79. The number of aromatic nitrogens is 2. The normalized spacial score (nSPS) is 24.9. The number of rotatable bonds is 2. The molecule has 2 N–H and O–H groups in total. The van der Waals surface area contributed by atoms with Gasteiger partial charge >= 0.3 is 5.69 Å². The van der Waals surface area contributed by atoms with Crippen LogP contribution in [-0.2, 0) is 0 Å². The number of nitrogens with two attached hydrogens (primary N) is 1. The molecule has 0 spiro atoms. The standard InChI is InChI=1S/C9H14N4O2S/c1-5-3-7(4-16-5)12-9(10)8(13(14)15)6(2)11-12/h5,7H,3-4,10H2,1-2H3. The van der Waals surface area contributed by atoms with Gasteiger partial charge in [-0.3, -0.25) is 10.1 Å². The Morgan fingerprint density at radius 1 is 1.69 bits per heavy atom. The Bertz CT molecular complexity index is 431. The van der Waals surface area contributed by atoms with Crippen molar-refractivity contribution in [3.8, 4) is 0 Å². The van der Waals surface area contributed by atoms with E-state index in [1.165, 1.54) is 0 Å². The van der Waals surface area contributed by atoms with Gasteiger partial charge in [0.25, 0.3) is 0 Å². The van der Waals surface area contributed by atoms with Crippen molar-refractivity contribution < 1.29 is 4.92 Å². The second-order valence-corrected chi connectivity index (χ2v) is 5.53. The number of hydrogen-bond acceptors (Lipinski definition) is 5. The quantitative estimate of drug-likeness (QED) is 0.630. The van der Waals surface area contributed by atoms with E-state index in [2.05, 4.69) is 12.0 Å². The smallest absolute Gasteiger partial charge is 0.333 e. The van der Waals surface area contributed by atoms with Crippen molar-refractivity contribution in [1.82, 2.24) is 9.78 Å². The number of aryl methyl sites for hydroxylation is 1. The molecule has 0 saturated carbocycles. The minimum absolute atomic E-state index is 0.0513. The number of anilines is 1. The van der Waals surface area contributed by atoms with Crippen LogP contribution < -0.4 is 5.73 Å². The van der Waals surface area contributed by atoms with Gasteiger partial charge in [0.1, 0.15) is 5.69 Å². The highest BCUT2D eigenvalue weighted by molar-refractivity contribution is 8.00. The van der Waals surface area contributed by atoms with Gasteiger partial charge in [0.05, 0.1) is 11.0 Å². The Morgan fingerprint density at radius 2 is 2.38 bits per heavy atom. The summed E-state index contributed by atoms with van der Waals surface area (Å²) < 4.78 is 1.62. The summed E-state index contributed by atoms with van der Waals surface area (Å²) in [6.45, 7) is 3.77. The molecule has 1 aromatic rings. The van der Waals surface area contributed by atoms with Crippen LogP contribution >= 0.6 is 11.8 Å². The topological polar surface area (TPSA) is 87.0 Å². The molecule has 0 amide bonds. The first kappa shape index (κ1) is 11.3. The predicted molar refractivity (Wildman–Crippen MR) is 63.6 cm³/mol. The van der Waals surface area contributed by atoms with Crippen LogP contribution in [0.25, 0.3) is 0 Å². The number of hydrogen-bond donors (Lipinski definition) is 1. The van der Waals surface area contributed by atoms with Gasteiger partial charge in [-0.25, -0.2) is 4.68 Å². The molecule has 2 atom stereocenters. The van der Waals surface area contributed by atoms with Crippen LogP contribution in [-0.4, -0.2) is 25.7 Å². The van der Waals surface area contributed by atoms with Crippen molar-refractivity contribution in [1.29, 1.82) is 0 Å². The molecule has 2 heterocycles. The van der Waals surface area contributed by atoms with Crippen LogP contribution in [0.4, 0.5) is 11.5 Å². The van der Waals surface area contributed by atoms with Gasteiger partial charge in [0.15, 0.2) is 0 Å². The molecule has 1 aliphatic rings. The van der Waals surface area contributed by atoms with Gasteiger partial charge in [-0.05, 0) is 13.3 Å². The zero-order valence-electron chi connectivity index (χ0n) is 9.21. The molecule has 7 heteroatoms. The maximum Gasteiger partial charge on any atom is 0.333 e. The first-order chi connectivity index (χ1) is 7.50. The average Bonchev–Trinajstić information content (AvgIpc) is 2.70. The van der Waals surface area contributed by atoms with E-state index in [-0.39, 0.29) is 17.5 Å². The van der Waals surface area contributed by atoms with Gasteiger partial charge in [-0.1, -0.05) is 6.92 Å². The molecule has 0 bridgehead atoms. The Morgan fingerprint density at radius 3 is 2.81 bits per heavy atom. The van der Waals surface area contributed by atoms with Crippen molar-refractivity contribution in [2.24, 2.45) is 0 Å². The molecule has 1 fully saturated rings. The lowest BCUT2D eigenvalue weighted by atomic mass is 10.2. The number of nitrogen functional groups attached to an aromatic ring is 1. The largest absolute Gasteiger partial charge is 0.378 e. The minimum Gasteiger partial charge on any atom is -0.378 e. The molecule has 0 aromatic carbocycles. The van der Waals surface area contributed by atoms with E-state index in [1.807, 2.05) is 11.8 Å². The monoisotopic (exact) mass is 242 g/mol. The molecule has 16 heavy (non-hydrogen) atoms. The molecule has 1 saturated heterocycles. The van der Waals surface area contributed by atoms with Gasteiger partial charge in [0.2, 0.25) is 5.82 Å². The van der Waals surface area contributed by atoms with E-state index < -0.39 is 4.92 Å². The Hall–Kier alpha value is -1.24. The molecule has 2 unspecified atom stereocenters. The Labute approximate surface area is 97.3 Å². The number of nitro groups is 1. The second-order valence-electron chi connectivity index (χ2n) is 4.05. The fourth-order valence-electron chi connectivity index (χ4n) is 2.03. The first-order valence-corrected chi connectivity index (χ1v) is 6.16. The lowest BCUT2D eigenvalue weighted by Crippen LogP contribution is -2.13. The third kappa shape index (κ3) is 1.75. The highest BCUT2D eigenvalue weighted by Crippen LogP contribution is 2.37. The highest BCUT2D eigenvalue weighted by Gasteiger charge is 2.30. The zero-order valence-corrected chi connectivity index (χ0v) is 10.0. The molecule has 2 rings (SSSR count). The van der Waals surface area contributed by atoms with Crippen molar-refractivity contribution in [3.63, 3.8) is 0 Å². The van der Waals surface area contributed by atoms with Crippen LogP contribution in [0.2, 0.25) is 0 Å². The summed E-state index contributed by atoms with van der Waals surface area (Å²) >= 11 is 1.85. The van der Waals surface area contributed by atoms with E-state index in [1.54, 1.807) is 11.6 Å². The summed E-state index contributed by atoms with van der Waals surface area (Å²) in [6, 6.07) is 0.187. The third-order valence-electron chi connectivity index (χ3n) is 2.80. The average molecular weight is 242 g/mol. The number of thioether (sulfide) groups is 1. The lowest BCUT2D eigenvalue weighted by Gasteiger charge is -2.10. The van der Waals surface area contributed by atoms with Gasteiger partial charge in [-0.2, -0.15) is 16.9 Å². The summed E-state index contributed by atoms with van der Waals surface area (Å²) in [6.07, 6.45) is 0.965. The molecular weight excluding hydrogens is 228 g/mol. The van der Waals surface area contributed by atoms with E-state index in [9.17, 15) is 10.1 Å². The molecule has 6 nitrogen and oxygen atoms in total. The summed E-state index contributed by atoms with van der Waals surface area (Å²) in [5, 5.41) is 15.5. The SMILES string of the molecule is Cc1nn(C2CSC(C)C2)c(N)c1[N+](=O)[O-].